The first-order chi connectivity index (χ1) is 14.7. The van der Waals surface area contributed by atoms with Crippen LogP contribution in [0.2, 0.25) is 0 Å². The summed E-state index contributed by atoms with van der Waals surface area (Å²) in [6.07, 6.45) is 6.64. The van der Waals surface area contributed by atoms with Gasteiger partial charge in [0.25, 0.3) is 5.91 Å². The molecule has 4 N–H and O–H groups in total. The van der Waals surface area contributed by atoms with E-state index in [1.54, 1.807) is 30.5 Å². The third-order valence-corrected chi connectivity index (χ3v) is 4.68. The number of aliphatic imine (C=N–C) groups is 1. The molecule has 0 unspecified atom stereocenters. The van der Waals surface area contributed by atoms with Crippen LogP contribution in [0.4, 0.5) is 17.3 Å². The summed E-state index contributed by atoms with van der Waals surface area (Å²) in [5, 5.41) is 6.05. The van der Waals surface area contributed by atoms with Gasteiger partial charge in [0.05, 0.1) is 17.1 Å². The number of nitrogens with two attached hydrogens (primary N) is 1. The fourth-order valence-electron chi connectivity index (χ4n) is 3.05. The van der Waals surface area contributed by atoms with E-state index in [9.17, 15) is 4.79 Å². The average molecular weight is 398 g/mol. The van der Waals surface area contributed by atoms with Crippen LogP contribution in [0, 0.1) is 0 Å². The highest BCUT2D eigenvalue weighted by Gasteiger charge is 2.09. The van der Waals surface area contributed by atoms with Crippen LogP contribution in [0.15, 0.2) is 71.9 Å². The third-order valence-electron chi connectivity index (χ3n) is 4.68. The number of amides is 1. The van der Waals surface area contributed by atoms with Crippen molar-refractivity contribution < 1.29 is 4.79 Å². The number of para-hydroxylation sites is 2. The molecular weight excluding hydrogens is 376 g/mol. The number of hydrogen-bond donors (Lipinski definition) is 3. The lowest BCUT2D eigenvalue weighted by atomic mass is 10.1. The number of allylic oxidation sites excluding steroid dienone is 1. The Morgan fingerprint density at radius 3 is 2.67 bits per heavy atom. The number of dihydropyridines is 1. The molecule has 0 atom stereocenters. The zero-order valence-corrected chi connectivity index (χ0v) is 16.4. The van der Waals surface area contributed by atoms with E-state index in [0.29, 0.717) is 29.4 Å². The largest absolute Gasteiger partial charge is 0.397 e. The predicted molar refractivity (Wildman–Crippen MR) is 121 cm³/mol. The fourth-order valence-corrected chi connectivity index (χ4v) is 3.05. The number of aromatic nitrogens is 2. The van der Waals surface area contributed by atoms with E-state index in [-0.39, 0.29) is 5.91 Å². The monoisotopic (exact) mass is 398 g/mol. The molecule has 1 aromatic heterocycles. The molecule has 7 nitrogen and oxygen atoms in total. The number of nitrogens with one attached hydrogen (secondary N) is 2. The Morgan fingerprint density at radius 2 is 1.90 bits per heavy atom. The third kappa shape index (κ3) is 4.70. The number of hydrogen-bond acceptors (Lipinski definition) is 6. The van der Waals surface area contributed by atoms with Gasteiger partial charge in [-0.15, -0.1) is 0 Å². The summed E-state index contributed by atoms with van der Waals surface area (Å²) in [5.74, 6) is 0.347. The maximum atomic E-state index is 12.4. The van der Waals surface area contributed by atoms with Crippen molar-refractivity contribution in [1.82, 2.24) is 9.97 Å². The van der Waals surface area contributed by atoms with Gasteiger partial charge in [-0.25, -0.2) is 9.97 Å². The molecule has 0 saturated carbocycles. The van der Waals surface area contributed by atoms with Crippen molar-refractivity contribution in [1.29, 1.82) is 0 Å². The summed E-state index contributed by atoms with van der Waals surface area (Å²) in [6, 6.07) is 16.4. The fraction of sp³-hybridized carbons (Fsp3) is 0.130. The van der Waals surface area contributed by atoms with Crippen LogP contribution in [0.1, 0.15) is 28.0 Å². The van der Waals surface area contributed by atoms with Gasteiger partial charge in [-0.2, -0.15) is 0 Å². The second-order valence-electron chi connectivity index (χ2n) is 6.84. The average Bonchev–Trinajstić information content (AvgIpc) is 2.80. The Kier molecular flexibility index (Phi) is 5.80. The summed E-state index contributed by atoms with van der Waals surface area (Å²) in [5.41, 5.74) is 10.4. The van der Waals surface area contributed by atoms with Crippen molar-refractivity contribution in [2.75, 3.05) is 22.9 Å². The smallest absolute Gasteiger partial charge is 0.255 e. The summed E-state index contributed by atoms with van der Waals surface area (Å²) in [4.78, 5) is 25.6. The van der Waals surface area contributed by atoms with E-state index < -0.39 is 0 Å². The van der Waals surface area contributed by atoms with Gasteiger partial charge in [-0.05, 0) is 42.3 Å². The molecule has 7 heteroatoms. The molecule has 0 saturated heterocycles. The van der Waals surface area contributed by atoms with Crippen LogP contribution in [0.3, 0.4) is 0 Å². The zero-order chi connectivity index (χ0) is 20.8. The van der Waals surface area contributed by atoms with E-state index in [4.69, 9.17) is 5.73 Å². The van der Waals surface area contributed by atoms with Gasteiger partial charge in [0.1, 0.15) is 0 Å². The minimum absolute atomic E-state index is 0.203. The molecule has 0 radical (unpaired) electrons. The number of nitrogen functional groups attached to an aromatic ring is 1. The van der Waals surface area contributed by atoms with Crippen LogP contribution in [-0.4, -0.2) is 28.6 Å². The number of carbonyl (C=O) groups excluding carboxylic acids is 1. The zero-order valence-electron chi connectivity index (χ0n) is 16.4. The number of benzene rings is 2. The van der Waals surface area contributed by atoms with Crippen LogP contribution < -0.4 is 16.4 Å². The van der Waals surface area contributed by atoms with E-state index >= 15 is 0 Å². The number of rotatable bonds is 6. The molecule has 0 bridgehead atoms. The molecule has 0 spiro atoms. The first-order valence-electron chi connectivity index (χ1n) is 9.71. The van der Waals surface area contributed by atoms with Gasteiger partial charge < -0.3 is 16.4 Å². The lowest BCUT2D eigenvalue weighted by Gasteiger charge is -2.10. The highest BCUT2D eigenvalue weighted by molar-refractivity contribution is 6.09. The molecule has 1 aliphatic heterocycles. The Labute approximate surface area is 174 Å². The predicted octanol–water partition coefficient (Wildman–Crippen LogP) is 3.78. The van der Waals surface area contributed by atoms with Crippen molar-refractivity contribution in [3.05, 3.63) is 83.7 Å². The second kappa shape index (κ2) is 9.00. The Hall–Kier alpha value is -4.00. The minimum Gasteiger partial charge on any atom is -0.397 e. The first-order valence-corrected chi connectivity index (χ1v) is 9.71. The van der Waals surface area contributed by atoms with Gasteiger partial charge in [-0.1, -0.05) is 30.3 Å². The summed E-state index contributed by atoms with van der Waals surface area (Å²) < 4.78 is 0. The van der Waals surface area contributed by atoms with E-state index in [2.05, 4.69) is 31.7 Å². The molecular formula is C23H22N6O. The molecule has 4 rings (SSSR count). The lowest BCUT2D eigenvalue weighted by molar-refractivity contribution is 0.102. The SMILES string of the molecule is Nc1ccccc1NC(=O)c1ccc(CNc2nccc(C3=CCCN=C3)n2)cc1. The molecule has 30 heavy (non-hydrogen) atoms. The quantitative estimate of drug-likeness (QED) is 0.548. The lowest BCUT2D eigenvalue weighted by Crippen LogP contribution is -2.13. The van der Waals surface area contributed by atoms with Gasteiger partial charge in [0.15, 0.2) is 0 Å². The molecule has 2 aromatic carbocycles. The van der Waals surface area contributed by atoms with Crippen molar-refractivity contribution >= 4 is 35.0 Å². The molecule has 1 amide bonds. The normalized spacial score (nSPS) is 12.9. The first kappa shape index (κ1) is 19.3. The van der Waals surface area contributed by atoms with Gasteiger partial charge in [0, 0.05) is 36.6 Å². The number of nitrogens with zero attached hydrogens (tertiary/aromatic N) is 3. The van der Waals surface area contributed by atoms with Crippen molar-refractivity contribution in [2.45, 2.75) is 13.0 Å². The topological polar surface area (TPSA) is 105 Å². The van der Waals surface area contributed by atoms with E-state index in [1.165, 1.54) is 0 Å². The van der Waals surface area contributed by atoms with Crippen molar-refractivity contribution in [3.63, 3.8) is 0 Å². The van der Waals surface area contributed by atoms with E-state index in [0.717, 1.165) is 29.8 Å². The second-order valence-corrected chi connectivity index (χ2v) is 6.84. The number of carbonyl (C=O) groups is 1. The van der Waals surface area contributed by atoms with Crippen LogP contribution in [-0.2, 0) is 6.54 Å². The van der Waals surface area contributed by atoms with E-state index in [1.807, 2.05) is 36.5 Å². The molecule has 0 fully saturated rings. The Bertz CT molecular complexity index is 1100. The molecule has 3 aromatic rings. The maximum absolute atomic E-state index is 12.4. The highest BCUT2D eigenvalue weighted by Crippen LogP contribution is 2.18. The highest BCUT2D eigenvalue weighted by atomic mass is 16.1. The van der Waals surface area contributed by atoms with Crippen LogP contribution in [0.25, 0.3) is 5.57 Å². The van der Waals surface area contributed by atoms with Crippen LogP contribution in [0.5, 0.6) is 0 Å². The standard InChI is InChI=1S/C23H22N6O/c24-19-5-1-2-6-21(19)28-22(30)17-9-7-16(8-10-17)14-27-23-26-13-11-20(29-23)18-4-3-12-25-15-18/h1-2,4-11,13,15H,3,12,14,24H2,(H,28,30)(H,26,27,29). The van der Waals surface area contributed by atoms with Gasteiger partial charge in [-0.3, -0.25) is 9.79 Å². The summed E-state index contributed by atoms with van der Waals surface area (Å²) in [6.45, 7) is 1.37. The maximum Gasteiger partial charge on any atom is 0.255 e. The Balaban J connectivity index is 1.37. The number of anilines is 3. The summed E-state index contributed by atoms with van der Waals surface area (Å²) >= 11 is 0. The molecule has 0 aliphatic carbocycles. The Morgan fingerprint density at radius 1 is 1.07 bits per heavy atom. The minimum atomic E-state index is -0.203. The molecule has 2 heterocycles. The molecule has 1 aliphatic rings. The van der Waals surface area contributed by atoms with Crippen molar-refractivity contribution in [3.8, 4) is 0 Å². The van der Waals surface area contributed by atoms with Crippen LogP contribution >= 0.6 is 0 Å². The van der Waals surface area contributed by atoms with Gasteiger partial charge in [0.2, 0.25) is 5.95 Å². The van der Waals surface area contributed by atoms with Crippen molar-refractivity contribution in [2.24, 2.45) is 4.99 Å². The van der Waals surface area contributed by atoms with Gasteiger partial charge >= 0.3 is 0 Å². The summed E-state index contributed by atoms with van der Waals surface area (Å²) in [7, 11) is 0. The molecule has 150 valence electrons.